The summed E-state index contributed by atoms with van der Waals surface area (Å²) in [6, 6.07) is 7.77. The molecule has 28 heavy (non-hydrogen) atoms. The summed E-state index contributed by atoms with van der Waals surface area (Å²) in [5, 5.41) is 4.27. The highest BCUT2D eigenvalue weighted by molar-refractivity contribution is 9.10. The lowest BCUT2D eigenvalue weighted by Crippen LogP contribution is -2.13. The van der Waals surface area contributed by atoms with Crippen LogP contribution in [0.5, 0.6) is 28.7 Å². The van der Waals surface area contributed by atoms with Gasteiger partial charge >= 0.3 is 0 Å². The molecule has 2 aliphatic heterocycles. The summed E-state index contributed by atoms with van der Waals surface area (Å²) in [6.07, 6.45) is 1.12. The Morgan fingerprint density at radius 2 is 1.68 bits per heavy atom. The molecule has 0 aliphatic carbocycles. The lowest BCUT2D eigenvalue weighted by molar-refractivity contribution is 0.0852. The number of nitrogens with zero attached hydrogens (tertiary/aromatic N) is 1. The van der Waals surface area contributed by atoms with Crippen molar-refractivity contribution < 1.29 is 28.5 Å². The predicted octanol–water partition coefficient (Wildman–Crippen LogP) is 3.94. The fourth-order valence-corrected chi connectivity index (χ4v) is 4.07. The van der Waals surface area contributed by atoms with Crippen molar-refractivity contribution in [3.63, 3.8) is 0 Å². The van der Waals surface area contributed by atoms with E-state index in [1.807, 2.05) is 24.3 Å². The Labute approximate surface area is 171 Å². The third-order valence-electron chi connectivity index (χ3n) is 4.76. The van der Waals surface area contributed by atoms with Crippen LogP contribution in [0.2, 0.25) is 0 Å². The highest BCUT2D eigenvalue weighted by Crippen LogP contribution is 2.54. The number of oxime groups is 1. The van der Waals surface area contributed by atoms with Crippen molar-refractivity contribution in [3.05, 3.63) is 39.9 Å². The number of rotatable bonds is 6. The summed E-state index contributed by atoms with van der Waals surface area (Å²) >= 11 is 3.62. The molecule has 0 radical (unpaired) electrons. The molecule has 0 saturated heterocycles. The van der Waals surface area contributed by atoms with Crippen molar-refractivity contribution in [2.45, 2.75) is 18.9 Å². The van der Waals surface area contributed by atoms with Crippen LogP contribution in [0.4, 0.5) is 0 Å². The summed E-state index contributed by atoms with van der Waals surface area (Å²) < 4.78 is 28.2. The molecule has 1 unspecified atom stereocenters. The van der Waals surface area contributed by atoms with Gasteiger partial charge in [-0.1, -0.05) is 5.16 Å². The van der Waals surface area contributed by atoms with Gasteiger partial charge in [0.05, 0.1) is 31.5 Å². The Balaban J connectivity index is 1.57. The monoisotopic (exact) mass is 449 g/mol. The second-order valence-corrected chi connectivity index (χ2v) is 7.12. The number of hydrogen-bond donors (Lipinski definition) is 0. The first kappa shape index (κ1) is 18.7. The Morgan fingerprint density at radius 1 is 1.00 bits per heavy atom. The van der Waals surface area contributed by atoms with Crippen LogP contribution in [0.3, 0.4) is 0 Å². The van der Waals surface area contributed by atoms with Crippen molar-refractivity contribution in [3.8, 4) is 28.7 Å². The molecule has 148 valence electrons. The third-order valence-corrected chi connectivity index (χ3v) is 5.60. The van der Waals surface area contributed by atoms with Crippen LogP contribution in [0.15, 0.2) is 33.9 Å². The zero-order valence-electron chi connectivity index (χ0n) is 15.8. The molecular formula is C20H20BrNO6. The summed E-state index contributed by atoms with van der Waals surface area (Å²) in [5.74, 6) is 3.09. The summed E-state index contributed by atoms with van der Waals surface area (Å²) in [7, 11) is 4.84. The molecule has 2 aliphatic rings. The van der Waals surface area contributed by atoms with Crippen LogP contribution < -0.4 is 23.7 Å². The Morgan fingerprint density at radius 3 is 2.32 bits per heavy atom. The highest BCUT2D eigenvalue weighted by atomic mass is 79.9. The maximum atomic E-state index is 5.70. The minimum Gasteiger partial charge on any atom is -0.497 e. The van der Waals surface area contributed by atoms with E-state index < -0.39 is 0 Å². The molecule has 0 N–H and O–H groups in total. The zero-order chi connectivity index (χ0) is 19.7. The second-order valence-electron chi connectivity index (χ2n) is 6.33. The van der Waals surface area contributed by atoms with E-state index in [9.17, 15) is 0 Å². The summed E-state index contributed by atoms with van der Waals surface area (Å²) in [6.45, 7) is 0.128. The van der Waals surface area contributed by atoms with Gasteiger partial charge in [-0.05, 0) is 45.8 Å². The standard InChI is InChI=1S/C20H20BrNO6/c1-23-12-6-4-11(5-7-12)15-9-13(28-22-15)8-14-16(21)18(25-3)20-19(17(14)24-2)26-10-27-20/h4-7,13H,8-10H2,1-3H3. The Kier molecular flexibility index (Phi) is 5.21. The van der Waals surface area contributed by atoms with Crippen LogP contribution in [0.1, 0.15) is 17.5 Å². The quantitative estimate of drug-likeness (QED) is 0.665. The molecule has 1 atom stereocenters. The van der Waals surface area contributed by atoms with Gasteiger partial charge in [0, 0.05) is 18.4 Å². The van der Waals surface area contributed by atoms with E-state index in [0.717, 1.165) is 27.1 Å². The van der Waals surface area contributed by atoms with Crippen molar-refractivity contribution in [2.24, 2.45) is 5.16 Å². The van der Waals surface area contributed by atoms with Crippen molar-refractivity contribution >= 4 is 21.6 Å². The van der Waals surface area contributed by atoms with E-state index in [-0.39, 0.29) is 12.9 Å². The molecule has 7 nitrogen and oxygen atoms in total. The number of halogens is 1. The van der Waals surface area contributed by atoms with Crippen LogP contribution in [-0.2, 0) is 11.3 Å². The SMILES string of the molecule is COc1ccc(C2=NOC(Cc3c(Br)c(OC)c4c(c3OC)OCO4)C2)cc1. The van der Waals surface area contributed by atoms with Gasteiger partial charge in [0.1, 0.15) is 11.9 Å². The number of fused-ring (bicyclic) bond motifs is 1. The number of ether oxygens (including phenoxy) is 5. The fourth-order valence-electron chi connectivity index (χ4n) is 3.39. The topological polar surface area (TPSA) is 67.7 Å². The van der Waals surface area contributed by atoms with E-state index in [4.69, 9.17) is 28.5 Å². The summed E-state index contributed by atoms with van der Waals surface area (Å²) in [5.41, 5.74) is 2.80. The molecule has 0 bridgehead atoms. The van der Waals surface area contributed by atoms with Gasteiger partial charge in [-0.25, -0.2) is 0 Å². The maximum absolute atomic E-state index is 5.70. The second kappa shape index (κ2) is 7.79. The van der Waals surface area contributed by atoms with Crippen LogP contribution >= 0.6 is 15.9 Å². The van der Waals surface area contributed by atoms with Gasteiger partial charge in [-0.15, -0.1) is 0 Å². The van der Waals surface area contributed by atoms with Crippen molar-refractivity contribution in [2.75, 3.05) is 28.1 Å². The molecule has 2 aromatic rings. The Hall–Kier alpha value is -2.61. The molecule has 4 rings (SSSR count). The number of hydrogen-bond acceptors (Lipinski definition) is 7. The van der Waals surface area contributed by atoms with Gasteiger partial charge in [0.2, 0.25) is 18.3 Å². The van der Waals surface area contributed by atoms with E-state index in [1.165, 1.54) is 0 Å². The molecule has 0 aromatic heterocycles. The first-order valence-corrected chi connectivity index (χ1v) is 9.54. The molecule has 0 saturated carbocycles. The summed E-state index contributed by atoms with van der Waals surface area (Å²) in [4.78, 5) is 5.70. The molecule has 2 heterocycles. The van der Waals surface area contributed by atoms with Gasteiger partial charge in [0.25, 0.3) is 0 Å². The normalized spacial score (nSPS) is 17.1. The van der Waals surface area contributed by atoms with E-state index in [2.05, 4.69) is 21.1 Å². The highest BCUT2D eigenvalue weighted by Gasteiger charge is 2.33. The van der Waals surface area contributed by atoms with Crippen LogP contribution in [0.25, 0.3) is 0 Å². The van der Waals surface area contributed by atoms with E-state index in [0.29, 0.717) is 35.8 Å². The van der Waals surface area contributed by atoms with Gasteiger partial charge in [0.15, 0.2) is 11.5 Å². The lowest BCUT2D eigenvalue weighted by atomic mass is 9.99. The van der Waals surface area contributed by atoms with Crippen molar-refractivity contribution in [1.29, 1.82) is 0 Å². The molecule has 0 spiro atoms. The first-order valence-electron chi connectivity index (χ1n) is 8.75. The van der Waals surface area contributed by atoms with Gasteiger partial charge < -0.3 is 28.5 Å². The molecule has 8 heteroatoms. The predicted molar refractivity (Wildman–Crippen MR) is 106 cm³/mol. The number of methoxy groups -OCH3 is 3. The molecule has 0 amide bonds. The first-order chi connectivity index (χ1) is 13.7. The molecule has 0 fully saturated rings. The third kappa shape index (κ3) is 3.22. The zero-order valence-corrected chi connectivity index (χ0v) is 17.4. The largest absolute Gasteiger partial charge is 0.497 e. The minimum absolute atomic E-state index is 0.128. The van der Waals surface area contributed by atoms with Crippen LogP contribution in [0, 0.1) is 0 Å². The Bertz CT molecular complexity index is 912. The average molecular weight is 450 g/mol. The van der Waals surface area contributed by atoms with E-state index in [1.54, 1.807) is 21.3 Å². The molecular weight excluding hydrogens is 430 g/mol. The lowest BCUT2D eigenvalue weighted by Gasteiger charge is -2.18. The van der Waals surface area contributed by atoms with Crippen molar-refractivity contribution in [1.82, 2.24) is 0 Å². The van der Waals surface area contributed by atoms with E-state index >= 15 is 0 Å². The number of benzene rings is 2. The molecule has 2 aromatic carbocycles. The minimum atomic E-state index is -0.132. The van der Waals surface area contributed by atoms with Gasteiger partial charge in [-0.3, -0.25) is 0 Å². The van der Waals surface area contributed by atoms with Crippen LogP contribution in [-0.4, -0.2) is 39.9 Å². The smallest absolute Gasteiger partial charge is 0.231 e. The average Bonchev–Trinajstić information content (AvgIpc) is 3.39. The maximum Gasteiger partial charge on any atom is 0.231 e. The fraction of sp³-hybridized carbons (Fsp3) is 0.350. The van der Waals surface area contributed by atoms with Gasteiger partial charge in [-0.2, -0.15) is 0 Å².